The summed E-state index contributed by atoms with van der Waals surface area (Å²) in [4.78, 5) is 42.9. The third-order valence-electron chi connectivity index (χ3n) is 6.74. The minimum Gasteiger partial charge on any atom is -0.368 e. The molecule has 0 unspecified atom stereocenters. The second-order valence-corrected chi connectivity index (χ2v) is 9.02. The van der Waals surface area contributed by atoms with E-state index in [1.807, 2.05) is 18.0 Å². The van der Waals surface area contributed by atoms with Crippen LogP contribution in [0.25, 0.3) is 0 Å². The predicted molar refractivity (Wildman–Crippen MR) is 132 cm³/mol. The molecule has 0 aliphatic carbocycles. The Balaban J connectivity index is 1.48. The fourth-order valence-electron chi connectivity index (χ4n) is 4.64. The van der Waals surface area contributed by atoms with Crippen LogP contribution in [0.15, 0.2) is 36.4 Å². The first-order valence-electron chi connectivity index (χ1n) is 11.9. The van der Waals surface area contributed by atoms with E-state index in [0.29, 0.717) is 56.0 Å². The zero-order valence-electron chi connectivity index (χ0n) is 19.9. The lowest BCUT2D eigenvalue weighted by Gasteiger charge is -2.38. The molecule has 0 spiro atoms. The van der Waals surface area contributed by atoms with Gasteiger partial charge < -0.3 is 24.4 Å². The Morgan fingerprint density at radius 2 is 1.60 bits per heavy atom. The number of likely N-dealkylation sites (N-methyl/N-ethyl adjacent to an activating group) is 1. The Morgan fingerprint density at radius 1 is 0.971 bits per heavy atom. The third-order valence-corrected chi connectivity index (χ3v) is 6.74. The number of halogens is 1. The van der Waals surface area contributed by atoms with E-state index in [1.165, 1.54) is 18.2 Å². The van der Waals surface area contributed by atoms with Crippen molar-refractivity contribution in [2.24, 2.45) is 0 Å². The number of hydrogen-bond acceptors (Lipinski definition) is 7. The molecular weight excluding hydrogens is 453 g/mol. The first-order chi connectivity index (χ1) is 16.9. The van der Waals surface area contributed by atoms with Gasteiger partial charge in [-0.05, 0) is 37.2 Å². The minimum atomic E-state index is -0.482. The number of aldehydes is 1. The molecule has 2 aliphatic heterocycles. The molecule has 2 heterocycles. The van der Waals surface area contributed by atoms with E-state index >= 15 is 0 Å². The van der Waals surface area contributed by atoms with Gasteiger partial charge in [0.1, 0.15) is 12.1 Å². The van der Waals surface area contributed by atoms with E-state index in [2.05, 4.69) is 9.80 Å². The molecule has 0 N–H and O–H groups in total. The second-order valence-electron chi connectivity index (χ2n) is 9.02. The summed E-state index contributed by atoms with van der Waals surface area (Å²) in [6, 6.07) is 9.50. The van der Waals surface area contributed by atoms with E-state index in [4.69, 9.17) is 0 Å². The second kappa shape index (κ2) is 10.8. The van der Waals surface area contributed by atoms with Crippen molar-refractivity contribution in [3.8, 4) is 0 Å². The summed E-state index contributed by atoms with van der Waals surface area (Å²) < 4.78 is 14.7. The van der Waals surface area contributed by atoms with Crippen molar-refractivity contribution in [3.05, 3.63) is 63.5 Å². The molecule has 186 valence electrons. The van der Waals surface area contributed by atoms with Gasteiger partial charge in [-0.25, -0.2) is 4.39 Å². The van der Waals surface area contributed by atoms with Crippen LogP contribution >= 0.6 is 0 Å². The standard InChI is InChI=1S/C25H30FN5O4/c1-27-8-10-28(11-9-27)23-7-5-20(31(34)35)18-21(23)25(33)30-14-12-29(13-15-30)24-6-4-19(3-2-16-32)17-22(24)26/h4-7,16-18H,2-3,8-15H2,1H3. The predicted octanol–water partition coefficient (Wildman–Crippen LogP) is 2.58. The average molecular weight is 484 g/mol. The lowest BCUT2D eigenvalue weighted by atomic mass is 10.1. The first-order valence-corrected chi connectivity index (χ1v) is 11.9. The number of carbonyl (C=O) groups excluding carboxylic acids is 2. The molecule has 1 amide bonds. The van der Waals surface area contributed by atoms with Crippen LogP contribution in [0.1, 0.15) is 22.3 Å². The van der Waals surface area contributed by atoms with Gasteiger partial charge in [0.25, 0.3) is 11.6 Å². The van der Waals surface area contributed by atoms with Gasteiger partial charge >= 0.3 is 0 Å². The monoisotopic (exact) mass is 483 g/mol. The summed E-state index contributed by atoms with van der Waals surface area (Å²) in [6.07, 6.45) is 1.67. The Kier molecular flexibility index (Phi) is 7.60. The molecule has 0 aromatic heterocycles. The summed E-state index contributed by atoms with van der Waals surface area (Å²) in [6.45, 7) is 4.86. The summed E-state index contributed by atoms with van der Waals surface area (Å²) in [7, 11) is 2.04. The fraction of sp³-hybridized carbons (Fsp3) is 0.440. The normalized spacial score (nSPS) is 16.9. The first kappa shape index (κ1) is 24.6. The minimum absolute atomic E-state index is 0.110. The Morgan fingerprint density at radius 3 is 2.23 bits per heavy atom. The highest BCUT2D eigenvalue weighted by atomic mass is 19.1. The Labute approximate surface area is 203 Å². The Hall–Kier alpha value is -3.53. The van der Waals surface area contributed by atoms with Crippen LogP contribution < -0.4 is 9.80 Å². The van der Waals surface area contributed by atoms with Crippen LogP contribution in [0.4, 0.5) is 21.5 Å². The number of nitro benzene ring substituents is 1. The van der Waals surface area contributed by atoms with E-state index in [9.17, 15) is 24.1 Å². The van der Waals surface area contributed by atoms with Crippen molar-refractivity contribution in [1.82, 2.24) is 9.80 Å². The van der Waals surface area contributed by atoms with E-state index in [-0.39, 0.29) is 17.4 Å². The third kappa shape index (κ3) is 5.59. The number of nitrogens with zero attached hydrogens (tertiary/aromatic N) is 5. The lowest BCUT2D eigenvalue weighted by Crippen LogP contribution is -2.49. The van der Waals surface area contributed by atoms with E-state index < -0.39 is 4.92 Å². The van der Waals surface area contributed by atoms with Gasteiger partial charge in [-0.15, -0.1) is 0 Å². The van der Waals surface area contributed by atoms with Gasteiger partial charge in [0.15, 0.2) is 0 Å². The zero-order valence-corrected chi connectivity index (χ0v) is 19.9. The molecular formula is C25H30FN5O4. The van der Waals surface area contributed by atoms with Gasteiger partial charge in [0.05, 0.1) is 21.9 Å². The van der Waals surface area contributed by atoms with E-state index in [0.717, 1.165) is 38.0 Å². The molecule has 9 nitrogen and oxygen atoms in total. The van der Waals surface area contributed by atoms with Crippen LogP contribution in [-0.4, -0.2) is 86.3 Å². The molecule has 2 saturated heterocycles. The SMILES string of the molecule is CN1CCN(c2ccc([N+](=O)[O-])cc2C(=O)N2CCN(c3ccc(CCC=O)cc3F)CC2)CC1. The quantitative estimate of drug-likeness (QED) is 0.340. The van der Waals surface area contributed by atoms with Crippen molar-refractivity contribution < 1.29 is 18.9 Å². The van der Waals surface area contributed by atoms with Crippen LogP contribution in [0, 0.1) is 15.9 Å². The summed E-state index contributed by atoms with van der Waals surface area (Å²) in [5.74, 6) is -0.587. The maximum Gasteiger partial charge on any atom is 0.270 e. The Bertz CT molecular complexity index is 1100. The molecule has 4 rings (SSSR count). The number of benzene rings is 2. The maximum absolute atomic E-state index is 14.7. The van der Waals surface area contributed by atoms with Gasteiger partial charge in [-0.1, -0.05) is 6.07 Å². The fourth-order valence-corrected chi connectivity index (χ4v) is 4.64. The number of amides is 1. The van der Waals surface area contributed by atoms with Crippen LogP contribution in [0.3, 0.4) is 0 Å². The molecule has 0 saturated carbocycles. The molecule has 35 heavy (non-hydrogen) atoms. The van der Waals surface area contributed by atoms with Gasteiger partial charge in [0, 0.05) is 70.9 Å². The molecule has 10 heteroatoms. The van der Waals surface area contributed by atoms with Crippen LogP contribution in [0.5, 0.6) is 0 Å². The molecule has 0 bridgehead atoms. The topological polar surface area (TPSA) is 90.2 Å². The van der Waals surface area contributed by atoms with Gasteiger partial charge in [0.2, 0.25) is 0 Å². The van der Waals surface area contributed by atoms with Crippen molar-refractivity contribution >= 4 is 29.3 Å². The number of non-ortho nitro benzene ring substituents is 1. The smallest absolute Gasteiger partial charge is 0.270 e. The van der Waals surface area contributed by atoms with Crippen LogP contribution in [0.2, 0.25) is 0 Å². The molecule has 2 aromatic rings. The number of carbonyl (C=O) groups is 2. The molecule has 2 fully saturated rings. The van der Waals surface area contributed by atoms with Crippen molar-refractivity contribution in [2.75, 3.05) is 69.2 Å². The number of anilines is 2. The van der Waals surface area contributed by atoms with Crippen molar-refractivity contribution in [2.45, 2.75) is 12.8 Å². The number of aryl methyl sites for hydroxylation is 1. The molecule has 2 aliphatic rings. The molecule has 2 aromatic carbocycles. The van der Waals surface area contributed by atoms with Crippen molar-refractivity contribution in [3.63, 3.8) is 0 Å². The lowest BCUT2D eigenvalue weighted by molar-refractivity contribution is -0.384. The van der Waals surface area contributed by atoms with Crippen molar-refractivity contribution in [1.29, 1.82) is 0 Å². The highest BCUT2D eigenvalue weighted by molar-refractivity contribution is 6.00. The highest BCUT2D eigenvalue weighted by Gasteiger charge is 2.29. The number of hydrogen-bond donors (Lipinski definition) is 0. The number of nitro groups is 1. The van der Waals surface area contributed by atoms with E-state index in [1.54, 1.807) is 17.0 Å². The number of rotatable bonds is 7. The zero-order chi connectivity index (χ0) is 24.9. The summed E-state index contributed by atoms with van der Waals surface area (Å²) >= 11 is 0. The molecule has 0 atom stereocenters. The van der Waals surface area contributed by atoms with Crippen LogP contribution in [-0.2, 0) is 11.2 Å². The summed E-state index contributed by atoms with van der Waals surface area (Å²) in [5, 5.41) is 11.4. The maximum atomic E-state index is 14.7. The van der Waals surface area contributed by atoms with Gasteiger partial charge in [-0.3, -0.25) is 14.9 Å². The number of piperazine rings is 2. The highest BCUT2D eigenvalue weighted by Crippen LogP contribution is 2.29. The molecule has 0 radical (unpaired) electrons. The van der Waals surface area contributed by atoms with Gasteiger partial charge in [-0.2, -0.15) is 0 Å². The average Bonchev–Trinajstić information content (AvgIpc) is 2.87. The summed E-state index contributed by atoms with van der Waals surface area (Å²) in [5.41, 5.74) is 2.19. The largest absolute Gasteiger partial charge is 0.368 e.